The first-order valence-electron chi connectivity index (χ1n) is 7.98. The van der Waals surface area contributed by atoms with Crippen molar-refractivity contribution in [2.45, 2.75) is 17.9 Å². The standard InChI is InChI=1S/C18H19ClN2O5S/c1-12(13-6-8-15(19)9-7-13)21-17(22)11-26-18(23)14-4-3-5-16(10-14)27(24,25)20-2/h3-10,12,20H,11H2,1-2H3,(H,21,22)/t12-/m1/s1. The van der Waals surface area contributed by atoms with E-state index in [1.165, 1.54) is 31.3 Å². The van der Waals surface area contributed by atoms with Crippen molar-refractivity contribution in [1.29, 1.82) is 0 Å². The van der Waals surface area contributed by atoms with Gasteiger partial charge in [0.25, 0.3) is 5.91 Å². The summed E-state index contributed by atoms with van der Waals surface area (Å²) < 4.78 is 30.7. The maximum atomic E-state index is 12.1. The lowest BCUT2D eigenvalue weighted by Gasteiger charge is -2.14. The fourth-order valence-corrected chi connectivity index (χ4v) is 3.14. The van der Waals surface area contributed by atoms with Crippen LogP contribution in [0.1, 0.15) is 28.9 Å². The van der Waals surface area contributed by atoms with Gasteiger partial charge in [0.1, 0.15) is 0 Å². The summed E-state index contributed by atoms with van der Waals surface area (Å²) in [5, 5.41) is 3.29. The molecule has 7 nitrogen and oxygen atoms in total. The number of rotatable bonds is 7. The number of carbonyl (C=O) groups excluding carboxylic acids is 2. The average molecular weight is 411 g/mol. The van der Waals surface area contributed by atoms with Gasteiger partial charge in [0, 0.05) is 5.02 Å². The summed E-state index contributed by atoms with van der Waals surface area (Å²) in [6.45, 7) is 1.30. The zero-order valence-electron chi connectivity index (χ0n) is 14.7. The van der Waals surface area contributed by atoms with Crippen molar-refractivity contribution < 1.29 is 22.7 Å². The van der Waals surface area contributed by atoms with Gasteiger partial charge in [-0.1, -0.05) is 29.8 Å². The van der Waals surface area contributed by atoms with Crippen molar-refractivity contribution in [3.05, 3.63) is 64.7 Å². The van der Waals surface area contributed by atoms with Gasteiger partial charge in [-0.05, 0) is 49.9 Å². The van der Waals surface area contributed by atoms with Gasteiger partial charge >= 0.3 is 5.97 Å². The monoisotopic (exact) mass is 410 g/mol. The Morgan fingerprint density at radius 2 is 1.81 bits per heavy atom. The van der Waals surface area contributed by atoms with E-state index in [9.17, 15) is 18.0 Å². The molecule has 0 spiro atoms. The van der Waals surface area contributed by atoms with Gasteiger partial charge in [-0.15, -0.1) is 0 Å². The summed E-state index contributed by atoms with van der Waals surface area (Å²) in [4.78, 5) is 24.0. The van der Waals surface area contributed by atoms with Crippen molar-refractivity contribution in [2.24, 2.45) is 0 Å². The number of amides is 1. The van der Waals surface area contributed by atoms with Crippen LogP contribution in [-0.4, -0.2) is 33.9 Å². The second-order valence-corrected chi connectivity index (χ2v) is 7.98. The number of halogens is 1. The molecule has 1 amide bonds. The smallest absolute Gasteiger partial charge is 0.338 e. The van der Waals surface area contributed by atoms with E-state index in [2.05, 4.69) is 10.0 Å². The summed E-state index contributed by atoms with van der Waals surface area (Å²) in [6, 6.07) is 12.1. The predicted molar refractivity (Wildman–Crippen MR) is 101 cm³/mol. The van der Waals surface area contributed by atoms with Gasteiger partial charge in [-0.3, -0.25) is 4.79 Å². The molecule has 9 heteroatoms. The molecule has 0 aliphatic heterocycles. The van der Waals surface area contributed by atoms with Gasteiger partial charge in [0.2, 0.25) is 10.0 Å². The molecule has 27 heavy (non-hydrogen) atoms. The molecule has 2 N–H and O–H groups in total. The van der Waals surface area contributed by atoms with Crippen molar-refractivity contribution >= 4 is 33.5 Å². The Kier molecular flexibility index (Phi) is 6.95. The van der Waals surface area contributed by atoms with Crippen LogP contribution in [0.3, 0.4) is 0 Å². The Morgan fingerprint density at radius 1 is 1.15 bits per heavy atom. The topological polar surface area (TPSA) is 102 Å². The highest BCUT2D eigenvalue weighted by atomic mass is 35.5. The van der Waals surface area contributed by atoms with Crippen LogP contribution in [0.25, 0.3) is 0 Å². The fraction of sp³-hybridized carbons (Fsp3) is 0.222. The van der Waals surface area contributed by atoms with Crippen molar-refractivity contribution in [1.82, 2.24) is 10.0 Å². The highest BCUT2D eigenvalue weighted by molar-refractivity contribution is 7.89. The number of hydrogen-bond acceptors (Lipinski definition) is 5. The van der Waals surface area contributed by atoms with Crippen LogP contribution >= 0.6 is 11.6 Å². The van der Waals surface area contributed by atoms with Gasteiger partial charge in [0.15, 0.2) is 6.61 Å². The maximum Gasteiger partial charge on any atom is 0.338 e. The predicted octanol–water partition coefficient (Wildman–Crippen LogP) is 2.28. The first-order valence-corrected chi connectivity index (χ1v) is 9.84. The Bertz CT molecular complexity index is 929. The Balaban J connectivity index is 1.94. The molecule has 0 aromatic heterocycles. The number of sulfonamides is 1. The van der Waals surface area contributed by atoms with E-state index in [1.54, 1.807) is 31.2 Å². The van der Waals surface area contributed by atoms with Crippen molar-refractivity contribution in [2.75, 3.05) is 13.7 Å². The molecule has 0 radical (unpaired) electrons. The number of esters is 1. The van der Waals surface area contributed by atoms with E-state index < -0.39 is 28.5 Å². The second-order valence-electron chi connectivity index (χ2n) is 5.65. The molecule has 2 aromatic carbocycles. The van der Waals surface area contributed by atoms with E-state index in [1.807, 2.05) is 0 Å². The minimum absolute atomic E-state index is 0.0323. The molecule has 0 aliphatic rings. The third kappa shape index (κ3) is 5.78. The molecule has 1 atom stereocenters. The molecule has 2 aromatic rings. The zero-order chi connectivity index (χ0) is 20.0. The minimum Gasteiger partial charge on any atom is -0.452 e. The Labute approximate surface area is 162 Å². The summed E-state index contributed by atoms with van der Waals surface area (Å²) in [6.07, 6.45) is 0. The van der Waals surface area contributed by atoms with Crippen molar-refractivity contribution in [3.63, 3.8) is 0 Å². The molecule has 0 saturated heterocycles. The minimum atomic E-state index is -3.68. The number of hydrogen-bond donors (Lipinski definition) is 2. The molecule has 0 bridgehead atoms. The van der Waals surface area contributed by atoms with Gasteiger partial charge in [-0.2, -0.15) is 0 Å². The van der Waals surface area contributed by atoms with Crippen LogP contribution in [-0.2, 0) is 19.6 Å². The van der Waals surface area contributed by atoms with E-state index >= 15 is 0 Å². The SMILES string of the molecule is CNS(=O)(=O)c1cccc(C(=O)OCC(=O)N[C@H](C)c2ccc(Cl)cc2)c1. The normalized spacial score (nSPS) is 12.3. The molecule has 2 rings (SSSR count). The lowest BCUT2D eigenvalue weighted by molar-refractivity contribution is -0.124. The second kappa shape index (κ2) is 8.98. The number of nitrogens with one attached hydrogen (secondary N) is 2. The average Bonchev–Trinajstić information content (AvgIpc) is 2.66. The number of benzene rings is 2. The van der Waals surface area contributed by atoms with Crippen LogP contribution < -0.4 is 10.0 Å². The third-order valence-electron chi connectivity index (χ3n) is 3.73. The lowest BCUT2D eigenvalue weighted by Crippen LogP contribution is -2.31. The summed E-state index contributed by atoms with van der Waals surface area (Å²) in [5.74, 6) is -1.28. The van der Waals surface area contributed by atoms with Gasteiger partial charge in [0.05, 0.1) is 16.5 Å². The first-order chi connectivity index (χ1) is 12.7. The molecule has 0 aliphatic carbocycles. The van der Waals surface area contributed by atoms with Crippen LogP contribution in [0.2, 0.25) is 5.02 Å². The number of ether oxygens (including phenoxy) is 1. The zero-order valence-corrected chi connectivity index (χ0v) is 16.3. The Morgan fingerprint density at radius 3 is 2.44 bits per heavy atom. The Hall–Kier alpha value is -2.42. The summed E-state index contributed by atoms with van der Waals surface area (Å²) >= 11 is 5.83. The van der Waals surface area contributed by atoms with Crippen LogP contribution in [0, 0.1) is 0 Å². The summed E-state index contributed by atoms with van der Waals surface area (Å²) in [5.41, 5.74) is 0.883. The van der Waals surface area contributed by atoms with Crippen LogP contribution in [0.5, 0.6) is 0 Å². The van der Waals surface area contributed by atoms with Crippen LogP contribution in [0.4, 0.5) is 0 Å². The first kappa shape index (κ1) is 20.9. The van der Waals surface area contributed by atoms with E-state index in [4.69, 9.17) is 16.3 Å². The van der Waals surface area contributed by atoms with E-state index in [0.29, 0.717) is 5.02 Å². The molecule has 144 valence electrons. The highest BCUT2D eigenvalue weighted by Gasteiger charge is 2.16. The van der Waals surface area contributed by atoms with Crippen molar-refractivity contribution in [3.8, 4) is 0 Å². The molecular formula is C18H19ClN2O5S. The van der Waals surface area contributed by atoms with Gasteiger partial charge in [-0.25, -0.2) is 17.9 Å². The molecule has 0 unspecified atom stereocenters. The van der Waals surface area contributed by atoms with Crippen LogP contribution in [0.15, 0.2) is 53.4 Å². The molecular weight excluding hydrogens is 392 g/mol. The summed E-state index contributed by atoms with van der Waals surface area (Å²) in [7, 11) is -2.41. The maximum absolute atomic E-state index is 12.1. The van der Waals surface area contributed by atoms with E-state index in [-0.39, 0.29) is 16.5 Å². The molecule has 0 fully saturated rings. The highest BCUT2D eigenvalue weighted by Crippen LogP contribution is 2.16. The quantitative estimate of drug-likeness (QED) is 0.682. The largest absolute Gasteiger partial charge is 0.452 e. The molecule has 0 heterocycles. The fourth-order valence-electron chi connectivity index (χ4n) is 2.24. The van der Waals surface area contributed by atoms with E-state index in [0.717, 1.165) is 5.56 Å². The number of carbonyl (C=O) groups is 2. The third-order valence-corrected chi connectivity index (χ3v) is 5.39. The molecule has 0 saturated carbocycles. The van der Waals surface area contributed by atoms with Gasteiger partial charge < -0.3 is 10.1 Å². The lowest BCUT2D eigenvalue weighted by atomic mass is 10.1.